The highest BCUT2D eigenvalue weighted by molar-refractivity contribution is 7.18. The molecule has 5 nitrogen and oxygen atoms in total. The van der Waals surface area contributed by atoms with Crippen LogP contribution in [0.3, 0.4) is 0 Å². The molecular formula is C22H18N4OS. The Labute approximate surface area is 167 Å². The zero-order valence-electron chi connectivity index (χ0n) is 15.0. The molecule has 0 spiro atoms. The number of hydrogen-bond acceptors (Lipinski definition) is 6. The minimum atomic E-state index is 0.229. The highest BCUT2D eigenvalue weighted by atomic mass is 32.1. The van der Waals surface area contributed by atoms with Gasteiger partial charge in [-0.3, -0.25) is 4.99 Å². The van der Waals surface area contributed by atoms with E-state index in [9.17, 15) is 5.11 Å². The van der Waals surface area contributed by atoms with Gasteiger partial charge in [-0.1, -0.05) is 53.8 Å². The first-order valence-corrected chi connectivity index (χ1v) is 9.63. The molecule has 28 heavy (non-hydrogen) atoms. The van der Waals surface area contributed by atoms with Gasteiger partial charge < -0.3 is 10.4 Å². The summed E-state index contributed by atoms with van der Waals surface area (Å²) in [7, 11) is 0. The number of aliphatic imine (C=N–C) groups is 1. The van der Waals surface area contributed by atoms with Crippen LogP contribution in [-0.4, -0.2) is 21.5 Å². The monoisotopic (exact) mass is 386 g/mol. The van der Waals surface area contributed by atoms with Crippen LogP contribution in [0.5, 0.6) is 5.75 Å². The summed E-state index contributed by atoms with van der Waals surface area (Å²) in [4.78, 5) is 4.44. The van der Waals surface area contributed by atoms with Crippen LogP contribution in [0.4, 0.5) is 10.8 Å². The fourth-order valence-electron chi connectivity index (χ4n) is 2.63. The predicted molar refractivity (Wildman–Crippen MR) is 114 cm³/mol. The van der Waals surface area contributed by atoms with Crippen molar-refractivity contribution in [1.29, 1.82) is 0 Å². The van der Waals surface area contributed by atoms with E-state index in [2.05, 4.69) is 32.6 Å². The number of aromatic hydroxyl groups is 1. The Hall–Kier alpha value is -3.51. The first-order valence-electron chi connectivity index (χ1n) is 8.81. The number of hydrogen-bond donors (Lipinski definition) is 2. The van der Waals surface area contributed by atoms with Crippen LogP contribution >= 0.6 is 11.3 Å². The summed E-state index contributed by atoms with van der Waals surface area (Å²) in [5, 5.41) is 23.0. The maximum atomic E-state index is 9.50. The number of aromatic nitrogens is 2. The van der Waals surface area contributed by atoms with Crippen molar-refractivity contribution in [3.63, 3.8) is 0 Å². The minimum Gasteiger partial charge on any atom is -0.508 e. The van der Waals surface area contributed by atoms with Gasteiger partial charge in [0.15, 0.2) is 0 Å². The van der Waals surface area contributed by atoms with E-state index >= 15 is 0 Å². The summed E-state index contributed by atoms with van der Waals surface area (Å²) >= 11 is 1.52. The fourth-order valence-corrected chi connectivity index (χ4v) is 3.37. The summed E-state index contributed by atoms with van der Waals surface area (Å²) in [6.07, 6.45) is 1.73. The van der Waals surface area contributed by atoms with E-state index in [4.69, 9.17) is 0 Å². The number of benzene rings is 3. The molecule has 0 atom stereocenters. The average molecular weight is 386 g/mol. The number of anilines is 1. The molecule has 0 bridgehead atoms. The van der Waals surface area contributed by atoms with Gasteiger partial charge in [0.25, 0.3) is 0 Å². The molecule has 138 valence electrons. The molecule has 0 amide bonds. The topological polar surface area (TPSA) is 70.4 Å². The van der Waals surface area contributed by atoms with Crippen LogP contribution in [0.2, 0.25) is 0 Å². The van der Waals surface area contributed by atoms with Gasteiger partial charge in [0.2, 0.25) is 5.13 Å². The fraction of sp³-hybridized carbons (Fsp3) is 0.0455. The molecule has 1 aromatic heterocycles. The normalized spacial score (nSPS) is 11.0. The van der Waals surface area contributed by atoms with Gasteiger partial charge in [0, 0.05) is 18.3 Å². The Morgan fingerprint density at radius 3 is 2.54 bits per heavy atom. The molecular weight excluding hydrogens is 368 g/mol. The number of phenolic OH excluding ortho intramolecular Hbond substituents is 1. The van der Waals surface area contributed by atoms with Gasteiger partial charge in [0.1, 0.15) is 10.8 Å². The van der Waals surface area contributed by atoms with E-state index in [1.165, 1.54) is 16.9 Å². The molecule has 0 aliphatic carbocycles. The lowest BCUT2D eigenvalue weighted by molar-refractivity contribution is 0.475. The second-order valence-corrected chi connectivity index (χ2v) is 7.13. The molecule has 6 heteroatoms. The van der Waals surface area contributed by atoms with E-state index in [0.29, 0.717) is 0 Å². The lowest BCUT2D eigenvalue weighted by atomic mass is 10.2. The molecule has 0 saturated heterocycles. The van der Waals surface area contributed by atoms with Crippen LogP contribution in [0.1, 0.15) is 11.1 Å². The summed E-state index contributed by atoms with van der Waals surface area (Å²) < 4.78 is 0. The highest BCUT2D eigenvalue weighted by Gasteiger charge is 2.06. The van der Waals surface area contributed by atoms with Gasteiger partial charge in [-0.2, -0.15) is 0 Å². The quantitative estimate of drug-likeness (QED) is 0.443. The first-order chi connectivity index (χ1) is 13.8. The SMILES string of the molecule is Oc1cccc(C=Nc2ccc(-c3nnc(NCc4ccccc4)s3)cc2)c1. The summed E-state index contributed by atoms with van der Waals surface area (Å²) in [5.74, 6) is 0.229. The average Bonchev–Trinajstić information content (AvgIpc) is 3.21. The Morgan fingerprint density at radius 1 is 0.929 bits per heavy atom. The summed E-state index contributed by atoms with van der Waals surface area (Å²) in [6.45, 7) is 0.720. The Bertz CT molecular complexity index is 1080. The summed E-state index contributed by atoms with van der Waals surface area (Å²) in [5.41, 5.74) is 3.89. The molecule has 0 aliphatic rings. The number of nitrogens with zero attached hydrogens (tertiary/aromatic N) is 3. The van der Waals surface area contributed by atoms with Crippen molar-refractivity contribution >= 4 is 28.4 Å². The molecule has 1 heterocycles. The van der Waals surface area contributed by atoms with E-state index in [1.54, 1.807) is 24.4 Å². The van der Waals surface area contributed by atoms with Crippen molar-refractivity contribution in [2.45, 2.75) is 6.54 Å². The lowest BCUT2D eigenvalue weighted by Gasteiger charge is -2.01. The Kier molecular flexibility index (Phi) is 5.40. The molecule has 0 saturated carbocycles. The van der Waals surface area contributed by atoms with E-state index in [-0.39, 0.29) is 5.75 Å². The molecule has 2 N–H and O–H groups in total. The third-order valence-electron chi connectivity index (χ3n) is 4.06. The van der Waals surface area contributed by atoms with E-state index in [0.717, 1.165) is 33.5 Å². The van der Waals surface area contributed by atoms with Crippen LogP contribution < -0.4 is 5.32 Å². The van der Waals surface area contributed by atoms with Gasteiger partial charge in [-0.15, -0.1) is 10.2 Å². The zero-order chi connectivity index (χ0) is 19.2. The smallest absolute Gasteiger partial charge is 0.206 e. The third kappa shape index (κ3) is 4.61. The lowest BCUT2D eigenvalue weighted by Crippen LogP contribution is -1.98. The van der Waals surface area contributed by atoms with Crippen molar-refractivity contribution in [2.75, 3.05) is 5.32 Å². The van der Waals surface area contributed by atoms with Crippen LogP contribution in [0.25, 0.3) is 10.6 Å². The number of nitrogens with one attached hydrogen (secondary N) is 1. The zero-order valence-corrected chi connectivity index (χ0v) is 15.8. The van der Waals surface area contributed by atoms with Crippen molar-refractivity contribution in [2.24, 2.45) is 4.99 Å². The first kappa shape index (κ1) is 17.9. The van der Waals surface area contributed by atoms with Crippen LogP contribution in [0.15, 0.2) is 83.9 Å². The van der Waals surface area contributed by atoms with Crippen molar-refractivity contribution in [3.05, 3.63) is 90.0 Å². The maximum absolute atomic E-state index is 9.50. The largest absolute Gasteiger partial charge is 0.508 e. The van der Waals surface area contributed by atoms with Crippen molar-refractivity contribution < 1.29 is 5.11 Å². The standard InChI is InChI=1S/C22H18N4OS/c27-20-8-4-7-17(13-20)15-23-19-11-9-18(10-12-19)21-25-26-22(28-21)24-14-16-5-2-1-3-6-16/h1-13,15,27H,14H2,(H,24,26). The summed E-state index contributed by atoms with van der Waals surface area (Å²) in [6, 6.07) is 25.0. The second kappa shape index (κ2) is 8.45. The van der Waals surface area contributed by atoms with Crippen molar-refractivity contribution in [1.82, 2.24) is 10.2 Å². The number of rotatable bonds is 6. The Morgan fingerprint density at radius 2 is 1.75 bits per heavy atom. The van der Waals surface area contributed by atoms with Crippen molar-refractivity contribution in [3.8, 4) is 16.3 Å². The van der Waals surface area contributed by atoms with Gasteiger partial charge in [-0.25, -0.2) is 0 Å². The molecule has 4 aromatic rings. The van der Waals surface area contributed by atoms with Crippen LogP contribution in [-0.2, 0) is 6.54 Å². The minimum absolute atomic E-state index is 0.229. The van der Waals surface area contributed by atoms with Crippen LogP contribution in [0, 0.1) is 0 Å². The molecule has 3 aromatic carbocycles. The second-order valence-electron chi connectivity index (χ2n) is 6.15. The van der Waals surface area contributed by atoms with E-state index in [1.807, 2.05) is 48.5 Å². The predicted octanol–water partition coefficient (Wildman–Crippen LogP) is 5.27. The van der Waals surface area contributed by atoms with Gasteiger partial charge in [-0.05, 0) is 47.5 Å². The molecule has 4 rings (SSSR count). The van der Waals surface area contributed by atoms with Gasteiger partial charge >= 0.3 is 0 Å². The van der Waals surface area contributed by atoms with Gasteiger partial charge in [0.05, 0.1) is 5.69 Å². The molecule has 0 aliphatic heterocycles. The maximum Gasteiger partial charge on any atom is 0.206 e. The van der Waals surface area contributed by atoms with E-state index < -0.39 is 0 Å². The third-order valence-corrected chi connectivity index (χ3v) is 4.99. The highest BCUT2D eigenvalue weighted by Crippen LogP contribution is 2.28. The molecule has 0 fully saturated rings. The number of phenols is 1. The Balaban J connectivity index is 1.40. The molecule has 0 radical (unpaired) electrons. The molecule has 0 unspecified atom stereocenters.